The number of hydrogen-bond donors (Lipinski definition) is 1. The first kappa shape index (κ1) is 15.6. The molecule has 2 amide bonds. The number of hydrogen-bond acceptors (Lipinski definition) is 2. The first-order valence-corrected chi connectivity index (χ1v) is 6.75. The van der Waals surface area contributed by atoms with Crippen molar-refractivity contribution in [2.45, 2.75) is 13.1 Å². The summed E-state index contributed by atoms with van der Waals surface area (Å²) >= 11 is 0. The zero-order valence-electron chi connectivity index (χ0n) is 11.8. The quantitative estimate of drug-likeness (QED) is 0.911. The van der Waals surface area contributed by atoms with E-state index in [1.54, 1.807) is 12.1 Å². The molecule has 1 heterocycles. The highest BCUT2D eigenvalue weighted by Gasteiger charge is 2.32. The highest BCUT2D eigenvalue weighted by Crippen LogP contribution is 2.18. The van der Waals surface area contributed by atoms with Gasteiger partial charge in [-0.15, -0.1) is 0 Å². The third kappa shape index (κ3) is 4.93. The lowest BCUT2D eigenvalue weighted by Gasteiger charge is -2.34. The molecule has 21 heavy (non-hydrogen) atoms. The first-order valence-electron chi connectivity index (χ1n) is 6.75. The Hall–Kier alpha value is -1.76. The number of carbonyl (C=O) groups excluding carboxylic acids is 1. The molecule has 4 nitrogen and oxygen atoms in total. The minimum atomic E-state index is -4.19. The number of aryl methyl sites for hydroxylation is 1. The number of halogens is 3. The van der Waals surface area contributed by atoms with Gasteiger partial charge in [0, 0.05) is 31.9 Å². The van der Waals surface area contributed by atoms with Crippen molar-refractivity contribution < 1.29 is 18.0 Å². The Bertz CT molecular complexity index is 479. The first-order chi connectivity index (χ1) is 9.83. The molecule has 1 aromatic carbocycles. The summed E-state index contributed by atoms with van der Waals surface area (Å²) in [6, 6.07) is 7.10. The predicted molar refractivity (Wildman–Crippen MR) is 74.3 cm³/mol. The number of benzene rings is 1. The van der Waals surface area contributed by atoms with E-state index in [1.807, 2.05) is 19.1 Å². The molecule has 1 aliphatic heterocycles. The van der Waals surface area contributed by atoms with E-state index in [1.165, 1.54) is 9.80 Å². The van der Waals surface area contributed by atoms with E-state index in [0.717, 1.165) is 5.56 Å². The molecular weight excluding hydrogens is 283 g/mol. The zero-order chi connectivity index (χ0) is 15.5. The van der Waals surface area contributed by atoms with Gasteiger partial charge in [0.1, 0.15) is 0 Å². The van der Waals surface area contributed by atoms with Crippen molar-refractivity contribution in [1.29, 1.82) is 0 Å². The van der Waals surface area contributed by atoms with Gasteiger partial charge in [-0.25, -0.2) is 4.79 Å². The lowest BCUT2D eigenvalue weighted by atomic mass is 10.2. The lowest BCUT2D eigenvalue weighted by Crippen LogP contribution is -2.51. The average molecular weight is 301 g/mol. The van der Waals surface area contributed by atoms with E-state index in [4.69, 9.17) is 0 Å². The Balaban J connectivity index is 1.81. The molecule has 7 heteroatoms. The summed E-state index contributed by atoms with van der Waals surface area (Å²) in [5.41, 5.74) is 1.78. The third-order valence-electron chi connectivity index (χ3n) is 3.37. The molecule has 1 saturated heterocycles. The molecule has 116 valence electrons. The van der Waals surface area contributed by atoms with E-state index in [0.29, 0.717) is 18.8 Å². The van der Waals surface area contributed by atoms with E-state index >= 15 is 0 Å². The molecule has 0 atom stereocenters. The minimum absolute atomic E-state index is 0.237. The van der Waals surface area contributed by atoms with Gasteiger partial charge in [0.25, 0.3) is 0 Å². The molecular formula is C14H18F3N3O. The van der Waals surface area contributed by atoms with Gasteiger partial charge in [-0.1, -0.05) is 17.7 Å². The van der Waals surface area contributed by atoms with Gasteiger partial charge in [-0.3, -0.25) is 4.90 Å². The fourth-order valence-electron chi connectivity index (χ4n) is 2.20. The molecule has 1 aromatic rings. The summed E-state index contributed by atoms with van der Waals surface area (Å²) in [4.78, 5) is 14.9. The normalized spacial score (nSPS) is 16.9. The minimum Gasteiger partial charge on any atom is -0.322 e. The summed E-state index contributed by atoms with van der Waals surface area (Å²) in [5, 5.41) is 2.75. The topological polar surface area (TPSA) is 35.6 Å². The molecule has 0 saturated carbocycles. The second-order valence-electron chi connectivity index (χ2n) is 5.17. The standard InChI is InChI=1S/C14H18F3N3O/c1-11-2-4-12(5-3-11)18-13(21)20-8-6-19(7-9-20)10-14(15,16)17/h2-5H,6-10H2,1H3,(H,18,21). The molecule has 0 spiro atoms. The second kappa shape index (κ2) is 6.34. The smallest absolute Gasteiger partial charge is 0.322 e. The van der Waals surface area contributed by atoms with Gasteiger partial charge in [-0.05, 0) is 19.1 Å². The van der Waals surface area contributed by atoms with Crippen LogP contribution in [0.3, 0.4) is 0 Å². The van der Waals surface area contributed by atoms with Crippen LogP contribution in [-0.2, 0) is 0 Å². The van der Waals surface area contributed by atoms with Crippen LogP contribution in [0.5, 0.6) is 0 Å². The molecule has 1 N–H and O–H groups in total. The molecule has 0 aliphatic carbocycles. The van der Waals surface area contributed by atoms with Gasteiger partial charge < -0.3 is 10.2 Å². The molecule has 0 aromatic heterocycles. The van der Waals surface area contributed by atoms with Crippen LogP contribution in [0, 0.1) is 6.92 Å². The monoisotopic (exact) mass is 301 g/mol. The number of amides is 2. The summed E-state index contributed by atoms with van der Waals surface area (Å²) in [7, 11) is 0. The van der Waals surface area contributed by atoms with E-state index in [2.05, 4.69) is 5.32 Å². The highest BCUT2D eigenvalue weighted by atomic mass is 19.4. The maximum absolute atomic E-state index is 12.3. The molecule has 2 rings (SSSR count). The van der Waals surface area contributed by atoms with Crippen molar-refractivity contribution in [3.8, 4) is 0 Å². The third-order valence-corrected chi connectivity index (χ3v) is 3.37. The number of anilines is 1. The van der Waals surface area contributed by atoms with Gasteiger partial charge in [0.15, 0.2) is 0 Å². The molecule has 0 radical (unpaired) electrons. The second-order valence-corrected chi connectivity index (χ2v) is 5.17. The van der Waals surface area contributed by atoms with Gasteiger partial charge in [0.2, 0.25) is 0 Å². The molecule has 0 unspecified atom stereocenters. The number of carbonyl (C=O) groups is 1. The van der Waals surface area contributed by atoms with Gasteiger partial charge in [0.05, 0.1) is 6.54 Å². The van der Waals surface area contributed by atoms with Crippen LogP contribution in [-0.4, -0.2) is 54.7 Å². The molecule has 1 aliphatic rings. The van der Waals surface area contributed by atoms with E-state index in [-0.39, 0.29) is 19.1 Å². The summed E-state index contributed by atoms with van der Waals surface area (Å²) in [5.74, 6) is 0. The summed E-state index contributed by atoms with van der Waals surface area (Å²) in [6.45, 7) is 2.11. The highest BCUT2D eigenvalue weighted by molar-refractivity contribution is 5.89. The van der Waals surface area contributed by atoms with Crippen molar-refractivity contribution in [2.24, 2.45) is 0 Å². The van der Waals surface area contributed by atoms with Crippen molar-refractivity contribution in [3.63, 3.8) is 0 Å². The predicted octanol–water partition coefficient (Wildman–Crippen LogP) is 2.71. The van der Waals surface area contributed by atoms with Crippen molar-refractivity contribution in [1.82, 2.24) is 9.80 Å². The number of rotatable bonds is 2. The largest absolute Gasteiger partial charge is 0.401 e. The fourth-order valence-corrected chi connectivity index (χ4v) is 2.20. The van der Waals surface area contributed by atoms with Crippen LogP contribution in [0.1, 0.15) is 5.56 Å². The van der Waals surface area contributed by atoms with Gasteiger partial charge >= 0.3 is 12.2 Å². The SMILES string of the molecule is Cc1ccc(NC(=O)N2CCN(CC(F)(F)F)CC2)cc1. The van der Waals surface area contributed by atoms with Crippen LogP contribution >= 0.6 is 0 Å². The van der Waals surface area contributed by atoms with Crippen LogP contribution < -0.4 is 5.32 Å². The van der Waals surface area contributed by atoms with Crippen LogP contribution in [0.4, 0.5) is 23.7 Å². The summed E-state index contributed by atoms with van der Waals surface area (Å²) < 4.78 is 36.8. The maximum atomic E-state index is 12.3. The molecule has 1 fully saturated rings. The van der Waals surface area contributed by atoms with Gasteiger partial charge in [-0.2, -0.15) is 13.2 Å². The van der Waals surface area contributed by atoms with Crippen LogP contribution in [0.25, 0.3) is 0 Å². The maximum Gasteiger partial charge on any atom is 0.401 e. The van der Waals surface area contributed by atoms with Crippen molar-refractivity contribution >= 4 is 11.7 Å². The number of piperazine rings is 1. The number of nitrogens with zero attached hydrogens (tertiary/aromatic N) is 2. The van der Waals surface area contributed by atoms with Crippen molar-refractivity contribution in [2.75, 3.05) is 38.0 Å². The Labute approximate surface area is 121 Å². The number of urea groups is 1. The number of nitrogens with one attached hydrogen (secondary N) is 1. The Morgan fingerprint density at radius 2 is 1.71 bits per heavy atom. The van der Waals surface area contributed by atoms with E-state index < -0.39 is 12.7 Å². The zero-order valence-corrected chi connectivity index (χ0v) is 11.8. The van der Waals surface area contributed by atoms with Crippen LogP contribution in [0.15, 0.2) is 24.3 Å². The Morgan fingerprint density at radius 3 is 2.24 bits per heavy atom. The Morgan fingerprint density at radius 1 is 1.14 bits per heavy atom. The average Bonchev–Trinajstić information content (AvgIpc) is 2.40. The Kier molecular flexibility index (Phi) is 4.72. The lowest BCUT2D eigenvalue weighted by molar-refractivity contribution is -0.148. The summed E-state index contributed by atoms with van der Waals surface area (Å²) in [6.07, 6.45) is -4.19. The van der Waals surface area contributed by atoms with Crippen LogP contribution in [0.2, 0.25) is 0 Å². The van der Waals surface area contributed by atoms with Crippen molar-refractivity contribution in [3.05, 3.63) is 29.8 Å². The number of alkyl halides is 3. The molecule has 0 bridgehead atoms. The fraction of sp³-hybridized carbons (Fsp3) is 0.500. The van der Waals surface area contributed by atoms with E-state index in [9.17, 15) is 18.0 Å².